The molecule has 8 heteroatoms. The number of benzene rings is 1. The van der Waals surface area contributed by atoms with Gasteiger partial charge in [0.15, 0.2) is 5.96 Å². The first kappa shape index (κ1) is 24.3. The van der Waals surface area contributed by atoms with Crippen LogP contribution in [0, 0.1) is 0 Å². The van der Waals surface area contributed by atoms with Crippen LogP contribution in [0.1, 0.15) is 43.6 Å². The van der Waals surface area contributed by atoms with Crippen LogP contribution in [0.3, 0.4) is 0 Å². The van der Waals surface area contributed by atoms with Crippen molar-refractivity contribution < 1.29 is 14.3 Å². The normalized spacial score (nSPS) is 11.6. The van der Waals surface area contributed by atoms with Gasteiger partial charge in [0.25, 0.3) is 5.91 Å². The lowest BCUT2D eigenvalue weighted by Crippen LogP contribution is -2.43. The molecule has 162 valence electrons. The lowest BCUT2D eigenvalue weighted by Gasteiger charge is -2.24. The van der Waals surface area contributed by atoms with Gasteiger partial charge in [0.2, 0.25) is 0 Å². The van der Waals surface area contributed by atoms with Gasteiger partial charge in [-0.1, -0.05) is 12.1 Å². The van der Waals surface area contributed by atoms with E-state index in [9.17, 15) is 9.59 Å². The highest BCUT2D eigenvalue weighted by atomic mass is 16.6. The number of hydrogen-bond acceptors (Lipinski definition) is 4. The van der Waals surface area contributed by atoms with Gasteiger partial charge in [-0.05, 0) is 51.8 Å². The summed E-state index contributed by atoms with van der Waals surface area (Å²) in [7, 11) is 3.33. The van der Waals surface area contributed by atoms with Crippen molar-refractivity contribution in [1.82, 2.24) is 20.9 Å². The molecule has 0 fully saturated rings. The highest BCUT2D eigenvalue weighted by molar-refractivity contribution is 5.94. The maximum atomic E-state index is 12.0. The van der Waals surface area contributed by atoms with Crippen molar-refractivity contribution in [1.29, 1.82) is 0 Å². The zero-order chi connectivity index (χ0) is 21.9. The van der Waals surface area contributed by atoms with Crippen LogP contribution < -0.4 is 16.0 Å². The standard InChI is InChI=1S/C21H35N5O3/c1-7-23-19(25-13-14-26(6)20(28)29-21(2,3)4)24-12-11-16-9-8-10-17(15-16)18(27)22-5/h8-10,15H,7,11-14H2,1-6H3,(H,22,27)(H2,23,24,25). The largest absolute Gasteiger partial charge is 0.444 e. The summed E-state index contributed by atoms with van der Waals surface area (Å²) >= 11 is 0. The van der Waals surface area contributed by atoms with Crippen molar-refractivity contribution in [3.8, 4) is 0 Å². The van der Waals surface area contributed by atoms with Gasteiger partial charge in [-0.25, -0.2) is 4.79 Å². The van der Waals surface area contributed by atoms with Gasteiger partial charge in [-0.15, -0.1) is 0 Å². The monoisotopic (exact) mass is 405 g/mol. The van der Waals surface area contributed by atoms with Crippen LogP contribution in [0.15, 0.2) is 29.3 Å². The number of carbonyl (C=O) groups is 2. The summed E-state index contributed by atoms with van der Waals surface area (Å²) in [5.74, 6) is 0.590. The fourth-order valence-corrected chi connectivity index (χ4v) is 2.42. The molecule has 0 aromatic heterocycles. The highest BCUT2D eigenvalue weighted by Crippen LogP contribution is 2.09. The Kier molecular flexibility index (Phi) is 9.99. The van der Waals surface area contributed by atoms with E-state index in [0.717, 1.165) is 18.5 Å². The third-order valence-electron chi connectivity index (χ3n) is 3.88. The van der Waals surface area contributed by atoms with Gasteiger partial charge in [0.05, 0.1) is 0 Å². The van der Waals surface area contributed by atoms with Gasteiger partial charge < -0.3 is 25.6 Å². The van der Waals surface area contributed by atoms with E-state index in [1.54, 1.807) is 20.2 Å². The molecule has 0 unspecified atom stereocenters. The Balaban J connectivity index is 2.52. The van der Waals surface area contributed by atoms with Gasteiger partial charge in [0, 0.05) is 45.8 Å². The molecule has 3 N–H and O–H groups in total. The molecule has 0 atom stereocenters. The highest BCUT2D eigenvalue weighted by Gasteiger charge is 2.19. The lowest BCUT2D eigenvalue weighted by atomic mass is 10.1. The fraction of sp³-hybridized carbons (Fsp3) is 0.571. The van der Waals surface area contributed by atoms with E-state index < -0.39 is 5.60 Å². The molecule has 0 aliphatic heterocycles. The number of nitrogens with one attached hydrogen (secondary N) is 3. The van der Waals surface area contributed by atoms with E-state index in [-0.39, 0.29) is 12.0 Å². The Morgan fingerprint density at radius 1 is 1.21 bits per heavy atom. The third-order valence-corrected chi connectivity index (χ3v) is 3.88. The van der Waals surface area contributed by atoms with E-state index in [4.69, 9.17) is 4.74 Å². The molecule has 0 bridgehead atoms. The summed E-state index contributed by atoms with van der Waals surface area (Å²) in [6.07, 6.45) is 0.372. The van der Waals surface area contributed by atoms with Crippen molar-refractivity contribution in [2.75, 3.05) is 40.3 Å². The number of nitrogens with zero attached hydrogens (tertiary/aromatic N) is 2. The second-order valence-corrected chi connectivity index (χ2v) is 7.62. The van der Waals surface area contributed by atoms with Gasteiger partial charge in [-0.3, -0.25) is 9.79 Å². The molecule has 8 nitrogen and oxygen atoms in total. The lowest BCUT2D eigenvalue weighted by molar-refractivity contribution is 0.0302. The van der Waals surface area contributed by atoms with Crippen molar-refractivity contribution in [2.24, 2.45) is 4.99 Å². The predicted octanol–water partition coefficient (Wildman–Crippen LogP) is 2.01. The van der Waals surface area contributed by atoms with Crippen molar-refractivity contribution in [2.45, 2.75) is 39.7 Å². The van der Waals surface area contributed by atoms with E-state index >= 15 is 0 Å². The summed E-state index contributed by atoms with van der Waals surface area (Å²) in [6, 6.07) is 7.53. The zero-order valence-corrected chi connectivity index (χ0v) is 18.5. The van der Waals surface area contributed by atoms with E-state index in [0.29, 0.717) is 31.2 Å². The number of aliphatic imine (C=N–C) groups is 1. The van der Waals surface area contributed by atoms with Gasteiger partial charge in [0.1, 0.15) is 5.60 Å². The fourth-order valence-electron chi connectivity index (χ4n) is 2.42. The smallest absolute Gasteiger partial charge is 0.410 e. The van der Waals surface area contributed by atoms with E-state index in [1.165, 1.54) is 4.90 Å². The molecule has 0 saturated heterocycles. The minimum Gasteiger partial charge on any atom is -0.444 e. The molecule has 0 radical (unpaired) electrons. The average Bonchev–Trinajstić information content (AvgIpc) is 2.66. The number of hydrogen-bond donors (Lipinski definition) is 3. The second-order valence-electron chi connectivity index (χ2n) is 7.62. The molecule has 0 heterocycles. The molecule has 1 rings (SSSR count). The van der Waals surface area contributed by atoms with Crippen LogP contribution in [0.5, 0.6) is 0 Å². The average molecular weight is 406 g/mol. The van der Waals surface area contributed by atoms with Crippen molar-refractivity contribution in [3.05, 3.63) is 35.4 Å². The summed E-state index contributed by atoms with van der Waals surface area (Å²) in [5.41, 5.74) is 1.18. The number of rotatable bonds is 8. The van der Waals surface area contributed by atoms with E-state index in [2.05, 4.69) is 20.9 Å². The molecular weight excluding hydrogens is 370 g/mol. The summed E-state index contributed by atoms with van der Waals surface area (Å²) < 4.78 is 5.34. The zero-order valence-electron chi connectivity index (χ0n) is 18.5. The molecule has 0 saturated carbocycles. The first-order valence-corrected chi connectivity index (χ1v) is 9.93. The number of carbonyl (C=O) groups excluding carboxylic acids is 2. The van der Waals surface area contributed by atoms with Gasteiger partial charge >= 0.3 is 6.09 Å². The van der Waals surface area contributed by atoms with Crippen LogP contribution in [-0.2, 0) is 11.2 Å². The summed E-state index contributed by atoms with van der Waals surface area (Å²) in [5, 5.41) is 9.04. The molecule has 0 aliphatic rings. The molecule has 1 aromatic rings. The Labute approximate surface area is 174 Å². The van der Waals surface area contributed by atoms with Crippen LogP contribution in [0.4, 0.5) is 4.79 Å². The molecule has 0 spiro atoms. The molecule has 29 heavy (non-hydrogen) atoms. The quantitative estimate of drug-likeness (QED) is 0.454. The first-order valence-electron chi connectivity index (χ1n) is 9.93. The number of guanidine groups is 1. The topological polar surface area (TPSA) is 95.1 Å². The Morgan fingerprint density at radius 2 is 1.93 bits per heavy atom. The third kappa shape index (κ3) is 9.82. The first-order chi connectivity index (χ1) is 13.7. The van der Waals surface area contributed by atoms with Crippen LogP contribution in [0.2, 0.25) is 0 Å². The predicted molar refractivity (Wildman–Crippen MR) is 116 cm³/mol. The van der Waals surface area contributed by atoms with E-state index in [1.807, 2.05) is 45.9 Å². The SMILES string of the molecule is CCNC(=NCCc1cccc(C(=O)NC)c1)NCCN(C)C(=O)OC(C)(C)C. The van der Waals surface area contributed by atoms with Crippen LogP contribution >= 0.6 is 0 Å². The Bertz CT molecular complexity index is 698. The summed E-state index contributed by atoms with van der Waals surface area (Å²) in [4.78, 5) is 29.8. The Morgan fingerprint density at radius 3 is 2.55 bits per heavy atom. The van der Waals surface area contributed by atoms with Crippen LogP contribution in [0.25, 0.3) is 0 Å². The molecule has 1 aromatic carbocycles. The molecule has 0 aliphatic carbocycles. The maximum absolute atomic E-state index is 12.0. The van der Waals surface area contributed by atoms with Gasteiger partial charge in [-0.2, -0.15) is 0 Å². The number of amides is 2. The second kappa shape index (κ2) is 11.9. The molecule has 2 amide bonds. The minimum absolute atomic E-state index is 0.0977. The summed E-state index contributed by atoms with van der Waals surface area (Å²) in [6.45, 7) is 9.89. The van der Waals surface area contributed by atoms with Crippen LogP contribution in [-0.4, -0.2) is 68.7 Å². The minimum atomic E-state index is -0.510. The molecular formula is C21H35N5O3. The Hall–Kier alpha value is -2.77. The van der Waals surface area contributed by atoms with Crippen molar-refractivity contribution >= 4 is 18.0 Å². The maximum Gasteiger partial charge on any atom is 0.410 e. The van der Waals surface area contributed by atoms with Crippen molar-refractivity contribution in [3.63, 3.8) is 0 Å². The number of likely N-dealkylation sites (N-methyl/N-ethyl adjacent to an activating group) is 1. The number of ether oxygens (including phenoxy) is 1.